The molecule has 0 saturated heterocycles. The lowest BCUT2D eigenvalue weighted by Crippen LogP contribution is -2.30. The van der Waals surface area contributed by atoms with Gasteiger partial charge in [-0.3, -0.25) is 14.9 Å². The van der Waals surface area contributed by atoms with Crippen LogP contribution in [0, 0.1) is 10.1 Å². The Morgan fingerprint density at radius 3 is 2.67 bits per heavy atom. The van der Waals surface area contributed by atoms with Gasteiger partial charge >= 0.3 is 0 Å². The molecule has 0 radical (unpaired) electrons. The maximum atomic E-state index is 12.0. The molecule has 1 aromatic heterocycles. The van der Waals surface area contributed by atoms with E-state index in [0.29, 0.717) is 0 Å². The number of nitro groups is 1. The van der Waals surface area contributed by atoms with Crippen LogP contribution in [0.15, 0.2) is 36.7 Å². The molecule has 2 N–H and O–H groups in total. The number of carbonyl (C=O) groups excluding carboxylic acids is 1. The number of aromatic nitrogens is 2. The summed E-state index contributed by atoms with van der Waals surface area (Å²) in [4.78, 5) is 29.2. The standard InChI is InChI=1S/C14H16N4O3/c1-2-12(14-15-7-8-16-14)17-13(19)9-10-3-5-11(6-4-10)18(20)21/h3-8,12H,2,9H2,1H3,(H,15,16)(H,17,19). The summed E-state index contributed by atoms with van der Waals surface area (Å²) in [5, 5.41) is 13.5. The van der Waals surface area contributed by atoms with E-state index in [1.54, 1.807) is 24.5 Å². The number of hydrogen-bond acceptors (Lipinski definition) is 4. The molecule has 1 unspecified atom stereocenters. The van der Waals surface area contributed by atoms with Crippen molar-refractivity contribution in [1.29, 1.82) is 0 Å². The average Bonchev–Trinajstić information content (AvgIpc) is 2.99. The van der Waals surface area contributed by atoms with Gasteiger partial charge in [0.15, 0.2) is 0 Å². The Morgan fingerprint density at radius 2 is 2.14 bits per heavy atom. The molecule has 110 valence electrons. The van der Waals surface area contributed by atoms with Gasteiger partial charge in [0, 0.05) is 24.5 Å². The van der Waals surface area contributed by atoms with E-state index in [-0.39, 0.29) is 24.1 Å². The average molecular weight is 288 g/mol. The van der Waals surface area contributed by atoms with Gasteiger partial charge in [0.05, 0.1) is 17.4 Å². The number of nitrogens with zero attached hydrogens (tertiary/aromatic N) is 2. The molecule has 2 aromatic rings. The van der Waals surface area contributed by atoms with Crippen molar-refractivity contribution in [2.45, 2.75) is 25.8 Å². The second-order valence-corrected chi connectivity index (χ2v) is 4.60. The lowest BCUT2D eigenvalue weighted by molar-refractivity contribution is -0.384. The van der Waals surface area contributed by atoms with Gasteiger partial charge in [-0.05, 0) is 12.0 Å². The predicted octanol–water partition coefficient (Wildman–Crippen LogP) is 2.13. The number of amides is 1. The van der Waals surface area contributed by atoms with Crippen molar-refractivity contribution in [3.63, 3.8) is 0 Å². The lowest BCUT2D eigenvalue weighted by atomic mass is 10.1. The first kappa shape index (κ1) is 14.7. The fraction of sp³-hybridized carbons (Fsp3) is 0.286. The van der Waals surface area contributed by atoms with E-state index in [1.165, 1.54) is 12.1 Å². The number of hydrogen-bond donors (Lipinski definition) is 2. The number of aromatic amines is 1. The third-order valence-electron chi connectivity index (χ3n) is 3.10. The second kappa shape index (κ2) is 6.65. The Bertz CT molecular complexity index is 608. The number of nitrogens with one attached hydrogen (secondary N) is 2. The lowest BCUT2D eigenvalue weighted by Gasteiger charge is -2.14. The van der Waals surface area contributed by atoms with Crippen LogP contribution in [0.2, 0.25) is 0 Å². The zero-order valence-corrected chi connectivity index (χ0v) is 11.6. The predicted molar refractivity (Wildman–Crippen MR) is 76.6 cm³/mol. The minimum absolute atomic E-state index is 0.0150. The fourth-order valence-electron chi connectivity index (χ4n) is 2.00. The van der Waals surface area contributed by atoms with Gasteiger partial charge in [-0.1, -0.05) is 19.1 Å². The van der Waals surface area contributed by atoms with Crippen LogP contribution in [0.25, 0.3) is 0 Å². The minimum atomic E-state index is -0.464. The van der Waals surface area contributed by atoms with Gasteiger partial charge in [0.25, 0.3) is 5.69 Å². The summed E-state index contributed by atoms with van der Waals surface area (Å²) in [6.07, 6.45) is 4.25. The summed E-state index contributed by atoms with van der Waals surface area (Å²) < 4.78 is 0. The summed E-state index contributed by atoms with van der Waals surface area (Å²) >= 11 is 0. The zero-order valence-electron chi connectivity index (χ0n) is 11.6. The van der Waals surface area contributed by atoms with Crippen LogP contribution in [-0.2, 0) is 11.2 Å². The van der Waals surface area contributed by atoms with Gasteiger partial charge in [0.2, 0.25) is 5.91 Å². The van der Waals surface area contributed by atoms with Crippen molar-refractivity contribution in [3.05, 3.63) is 58.2 Å². The van der Waals surface area contributed by atoms with E-state index in [4.69, 9.17) is 0 Å². The van der Waals surface area contributed by atoms with Gasteiger partial charge in [-0.25, -0.2) is 4.98 Å². The number of imidazole rings is 1. The Labute approximate surface area is 121 Å². The number of nitro benzene ring substituents is 1. The summed E-state index contributed by atoms with van der Waals surface area (Å²) in [5.41, 5.74) is 0.744. The van der Waals surface area contributed by atoms with Crippen molar-refractivity contribution in [1.82, 2.24) is 15.3 Å². The second-order valence-electron chi connectivity index (χ2n) is 4.60. The van der Waals surface area contributed by atoms with Crippen molar-refractivity contribution in [2.75, 3.05) is 0 Å². The molecule has 0 aliphatic heterocycles. The largest absolute Gasteiger partial charge is 0.347 e. The molecule has 21 heavy (non-hydrogen) atoms. The monoisotopic (exact) mass is 288 g/mol. The van der Waals surface area contributed by atoms with E-state index >= 15 is 0 Å². The molecule has 0 aliphatic rings. The van der Waals surface area contributed by atoms with Gasteiger partial charge in [-0.2, -0.15) is 0 Å². The SMILES string of the molecule is CCC(NC(=O)Cc1ccc([N+](=O)[O-])cc1)c1ncc[nH]1. The highest BCUT2D eigenvalue weighted by atomic mass is 16.6. The molecule has 1 atom stereocenters. The molecular weight excluding hydrogens is 272 g/mol. The Hall–Kier alpha value is -2.70. The van der Waals surface area contributed by atoms with Crippen molar-refractivity contribution >= 4 is 11.6 Å². The molecule has 7 heteroatoms. The highest BCUT2D eigenvalue weighted by Crippen LogP contribution is 2.14. The van der Waals surface area contributed by atoms with Gasteiger partial charge in [-0.15, -0.1) is 0 Å². The van der Waals surface area contributed by atoms with E-state index in [2.05, 4.69) is 15.3 Å². The highest BCUT2D eigenvalue weighted by molar-refractivity contribution is 5.79. The fourth-order valence-corrected chi connectivity index (χ4v) is 2.00. The maximum Gasteiger partial charge on any atom is 0.269 e. The van der Waals surface area contributed by atoms with E-state index in [0.717, 1.165) is 17.8 Å². The normalized spacial score (nSPS) is 11.9. The molecule has 0 aliphatic carbocycles. The van der Waals surface area contributed by atoms with Crippen molar-refractivity contribution < 1.29 is 9.72 Å². The number of H-pyrrole nitrogens is 1. The Kier molecular flexibility index (Phi) is 4.65. The number of carbonyl (C=O) groups is 1. The molecule has 1 aromatic carbocycles. The molecule has 1 amide bonds. The van der Waals surface area contributed by atoms with Crippen molar-refractivity contribution in [3.8, 4) is 0 Å². The highest BCUT2D eigenvalue weighted by Gasteiger charge is 2.15. The Morgan fingerprint density at radius 1 is 1.43 bits per heavy atom. The van der Waals surface area contributed by atoms with Crippen LogP contribution in [0.1, 0.15) is 30.8 Å². The molecule has 7 nitrogen and oxygen atoms in total. The molecule has 2 rings (SSSR count). The maximum absolute atomic E-state index is 12.0. The molecule has 0 fully saturated rings. The zero-order chi connectivity index (χ0) is 15.2. The van der Waals surface area contributed by atoms with Crippen LogP contribution in [0.5, 0.6) is 0 Å². The first-order valence-corrected chi connectivity index (χ1v) is 6.62. The number of benzene rings is 1. The third-order valence-corrected chi connectivity index (χ3v) is 3.10. The van der Waals surface area contributed by atoms with E-state index in [1.807, 2.05) is 6.92 Å². The summed E-state index contributed by atoms with van der Waals surface area (Å²) in [6.45, 7) is 1.96. The van der Waals surface area contributed by atoms with Gasteiger partial charge < -0.3 is 10.3 Å². The molecule has 1 heterocycles. The van der Waals surface area contributed by atoms with E-state index < -0.39 is 4.92 Å². The molecule has 0 bridgehead atoms. The number of non-ortho nitro benzene ring substituents is 1. The minimum Gasteiger partial charge on any atom is -0.347 e. The number of rotatable bonds is 6. The van der Waals surface area contributed by atoms with Crippen LogP contribution in [-0.4, -0.2) is 20.8 Å². The van der Waals surface area contributed by atoms with Crippen LogP contribution >= 0.6 is 0 Å². The van der Waals surface area contributed by atoms with Gasteiger partial charge in [0.1, 0.15) is 5.82 Å². The van der Waals surface area contributed by atoms with Crippen LogP contribution < -0.4 is 5.32 Å². The smallest absolute Gasteiger partial charge is 0.269 e. The quantitative estimate of drug-likeness (QED) is 0.628. The van der Waals surface area contributed by atoms with Crippen LogP contribution in [0.3, 0.4) is 0 Å². The van der Waals surface area contributed by atoms with Crippen LogP contribution in [0.4, 0.5) is 5.69 Å². The molecule has 0 saturated carbocycles. The first-order valence-electron chi connectivity index (χ1n) is 6.62. The summed E-state index contributed by atoms with van der Waals surface area (Å²) in [5.74, 6) is 0.571. The summed E-state index contributed by atoms with van der Waals surface area (Å²) in [7, 11) is 0. The Balaban J connectivity index is 1.96. The topological polar surface area (TPSA) is 101 Å². The third kappa shape index (κ3) is 3.88. The summed E-state index contributed by atoms with van der Waals surface area (Å²) in [6, 6.07) is 5.81. The molecular formula is C14H16N4O3. The first-order chi connectivity index (χ1) is 10.1. The van der Waals surface area contributed by atoms with E-state index in [9.17, 15) is 14.9 Å². The molecule has 0 spiro atoms. The van der Waals surface area contributed by atoms with Crippen molar-refractivity contribution in [2.24, 2.45) is 0 Å².